The minimum absolute atomic E-state index is 0.238. The molecule has 1 N–H and O–H groups in total. The van der Waals surface area contributed by atoms with Crippen molar-refractivity contribution in [3.63, 3.8) is 0 Å². The van der Waals surface area contributed by atoms with Crippen LogP contribution in [0.4, 0.5) is 0 Å². The SMILES string of the molecule is OC1(C2CCCCCC2)C2CC3CC(C2)CC1C3. The highest BCUT2D eigenvalue weighted by Crippen LogP contribution is 2.61. The Hall–Kier alpha value is -0.0400. The lowest BCUT2D eigenvalue weighted by atomic mass is 9.47. The van der Waals surface area contributed by atoms with Gasteiger partial charge in [-0.3, -0.25) is 0 Å². The number of hydrogen-bond acceptors (Lipinski definition) is 1. The van der Waals surface area contributed by atoms with E-state index >= 15 is 0 Å². The Morgan fingerprint density at radius 1 is 0.611 bits per heavy atom. The van der Waals surface area contributed by atoms with Gasteiger partial charge in [-0.25, -0.2) is 0 Å². The van der Waals surface area contributed by atoms with Crippen LogP contribution >= 0.6 is 0 Å². The molecule has 0 radical (unpaired) electrons. The fourth-order valence-corrected chi connectivity index (χ4v) is 6.35. The maximum Gasteiger partial charge on any atom is 0.0732 e. The Morgan fingerprint density at radius 3 is 1.61 bits per heavy atom. The van der Waals surface area contributed by atoms with Crippen LogP contribution in [-0.4, -0.2) is 10.7 Å². The predicted molar refractivity (Wildman–Crippen MR) is 73.2 cm³/mol. The first-order valence-corrected chi connectivity index (χ1v) is 8.49. The summed E-state index contributed by atoms with van der Waals surface area (Å²) in [4.78, 5) is 0. The van der Waals surface area contributed by atoms with E-state index in [1.54, 1.807) is 0 Å². The van der Waals surface area contributed by atoms with E-state index in [9.17, 15) is 5.11 Å². The molecular weight excluding hydrogens is 220 g/mol. The van der Waals surface area contributed by atoms with Gasteiger partial charge in [0.2, 0.25) is 0 Å². The minimum Gasteiger partial charge on any atom is -0.389 e. The van der Waals surface area contributed by atoms with Gasteiger partial charge in [-0.1, -0.05) is 25.7 Å². The molecule has 5 aliphatic rings. The summed E-state index contributed by atoms with van der Waals surface area (Å²) in [5.41, 5.74) is -0.238. The average Bonchev–Trinajstić information content (AvgIpc) is 2.64. The molecule has 18 heavy (non-hydrogen) atoms. The van der Waals surface area contributed by atoms with Crippen molar-refractivity contribution in [1.29, 1.82) is 0 Å². The van der Waals surface area contributed by atoms with E-state index in [-0.39, 0.29) is 5.60 Å². The van der Waals surface area contributed by atoms with Crippen molar-refractivity contribution in [2.24, 2.45) is 29.6 Å². The molecule has 0 saturated heterocycles. The topological polar surface area (TPSA) is 20.2 Å². The zero-order valence-corrected chi connectivity index (χ0v) is 11.6. The number of hydrogen-bond donors (Lipinski definition) is 1. The summed E-state index contributed by atoms with van der Waals surface area (Å²) < 4.78 is 0. The Balaban J connectivity index is 1.61. The summed E-state index contributed by atoms with van der Waals surface area (Å²) in [6, 6.07) is 0. The first-order valence-electron chi connectivity index (χ1n) is 8.49. The van der Waals surface area contributed by atoms with Gasteiger partial charge in [0.15, 0.2) is 0 Å². The van der Waals surface area contributed by atoms with Crippen LogP contribution < -0.4 is 0 Å². The molecule has 0 aromatic rings. The molecule has 5 fully saturated rings. The normalized spacial score (nSPS) is 52.5. The molecule has 0 atom stereocenters. The van der Waals surface area contributed by atoms with Gasteiger partial charge >= 0.3 is 0 Å². The molecule has 4 bridgehead atoms. The average molecular weight is 248 g/mol. The second-order valence-corrected chi connectivity index (χ2v) is 7.88. The summed E-state index contributed by atoms with van der Waals surface area (Å²) in [5.74, 6) is 3.97. The van der Waals surface area contributed by atoms with Crippen LogP contribution in [0.1, 0.15) is 70.6 Å². The molecule has 0 spiro atoms. The van der Waals surface area contributed by atoms with E-state index in [1.165, 1.54) is 70.6 Å². The molecule has 0 aliphatic heterocycles. The lowest BCUT2D eigenvalue weighted by Gasteiger charge is -2.61. The van der Waals surface area contributed by atoms with Crippen LogP contribution in [0.2, 0.25) is 0 Å². The van der Waals surface area contributed by atoms with Gasteiger partial charge in [-0.15, -0.1) is 0 Å². The van der Waals surface area contributed by atoms with Gasteiger partial charge in [0.25, 0.3) is 0 Å². The van der Waals surface area contributed by atoms with Gasteiger partial charge < -0.3 is 5.11 Å². The summed E-state index contributed by atoms with van der Waals surface area (Å²) in [6.45, 7) is 0. The van der Waals surface area contributed by atoms with Crippen LogP contribution in [0.3, 0.4) is 0 Å². The second-order valence-electron chi connectivity index (χ2n) is 7.88. The molecule has 0 aromatic carbocycles. The van der Waals surface area contributed by atoms with Crippen molar-refractivity contribution in [3.8, 4) is 0 Å². The fourth-order valence-electron chi connectivity index (χ4n) is 6.35. The lowest BCUT2D eigenvalue weighted by molar-refractivity contribution is -0.204. The van der Waals surface area contributed by atoms with Crippen LogP contribution in [0.5, 0.6) is 0 Å². The molecule has 102 valence electrons. The molecule has 0 heterocycles. The molecule has 0 unspecified atom stereocenters. The third-order valence-electron chi connectivity index (χ3n) is 6.96. The van der Waals surface area contributed by atoms with Crippen LogP contribution in [-0.2, 0) is 0 Å². The van der Waals surface area contributed by atoms with E-state index in [0.29, 0.717) is 17.8 Å². The summed E-state index contributed by atoms with van der Waals surface area (Å²) in [5, 5.41) is 11.5. The summed E-state index contributed by atoms with van der Waals surface area (Å²) >= 11 is 0. The van der Waals surface area contributed by atoms with E-state index < -0.39 is 0 Å². The molecule has 0 aromatic heterocycles. The molecule has 5 aliphatic carbocycles. The van der Waals surface area contributed by atoms with Crippen molar-refractivity contribution in [1.82, 2.24) is 0 Å². The van der Waals surface area contributed by atoms with Crippen molar-refractivity contribution in [3.05, 3.63) is 0 Å². The molecular formula is C17H28O. The zero-order valence-electron chi connectivity index (χ0n) is 11.6. The van der Waals surface area contributed by atoms with Gasteiger partial charge in [-0.05, 0) is 74.5 Å². The van der Waals surface area contributed by atoms with E-state index in [0.717, 1.165) is 11.8 Å². The van der Waals surface area contributed by atoms with Crippen molar-refractivity contribution in [2.75, 3.05) is 0 Å². The van der Waals surface area contributed by atoms with E-state index in [2.05, 4.69) is 0 Å². The first-order chi connectivity index (χ1) is 8.77. The Bertz CT molecular complexity index is 286. The quantitative estimate of drug-likeness (QED) is 0.691. The van der Waals surface area contributed by atoms with E-state index in [4.69, 9.17) is 0 Å². The highest BCUT2D eigenvalue weighted by Gasteiger charge is 2.58. The van der Waals surface area contributed by atoms with Gasteiger partial charge in [-0.2, -0.15) is 0 Å². The monoisotopic (exact) mass is 248 g/mol. The second kappa shape index (κ2) is 4.23. The first kappa shape index (κ1) is 11.8. The fraction of sp³-hybridized carbons (Fsp3) is 1.00. The molecule has 5 rings (SSSR count). The maximum atomic E-state index is 11.5. The van der Waals surface area contributed by atoms with E-state index in [1.807, 2.05) is 0 Å². The molecule has 5 saturated carbocycles. The van der Waals surface area contributed by atoms with Crippen LogP contribution in [0.15, 0.2) is 0 Å². The number of rotatable bonds is 1. The summed E-state index contributed by atoms with van der Waals surface area (Å²) in [7, 11) is 0. The van der Waals surface area contributed by atoms with Crippen LogP contribution in [0, 0.1) is 29.6 Å². The molecule has 1 nitrogen and oxygen atoms in total. The van der Waals surface area contributed by atoms with Gasteiger partial charge in [0.05, 0.1) is 5.60 Å². The third-order valence-corrected chi connectivity index (χ3v) is 6.96. The maximum absolute atomic E-state index is 11.5. The van der Waals surface area contributed by atoms with Crippen molar-refractivity contribution < 1.29 is 5.11 Å². The zero-order chi connectivity index (χ0) is 12.2. The number of aliphatic hydroxyl groups is 1. The Kier molecular flexibility index (Phi) is 2.76. The van der Waals surface area contributed by atoms with Crippen molar-refractivity contribution in [2.45, 2.75) is 76.2 Å². The largest absolute Gasteiger partial charge is 0.389 e. The summed E-state index contributed by atoms with van der Waals surface area (Å²) in [6.07, 6.45) is 15.1. The highest BCUT2D eigenvalue weighted by molar-refractivity contribution is 5.09. The Morgan fingerprint density at radius 2 is 1.11 bits per heavy atom. The van der Waals surface area contributed by atoms with Crippen molar-refractivity contribution >= 4 is 0 Å². The minimum atomic E-state index is -0.238. The predicted octanol–water partition coefficient (Wildman–Crippen LogP) is 4.14. The van der Waals surface area contributed by atoms with Gasteiger partial charge in [0, 0.05) is 0 Å². The lowest BCUT2D eigenvalue weighted by Crippen LogP contribution is -2.61. The molecule has 0 amide bonds. The van der Waals surface area contributed by atoms with Gasteiger partial charge in [0.1, 0.15) is 0 Å². The standard InChI is InChI=1S/C17H28O/c18-17(14-5-3-1-2-4-6-14)15-8-12-7-13(10-15)11-16(17)9-12/h12-16,18H,1-11H2. The van der Waals surface area contributed by atoms with Crippen LogP contribution in [0.25, 0.3) is 0 Å². The third kappa shape index (κ3) is 1.62. The molecule has 1 heteroatoms. The Labute approximate surface area is 111 Å². The smallest absolute Gasteiger partial charge is 0.0732 e. The highest BCUT2D eigenvalue weighted by atomic mass is 16.3.